The molecule has 0 spiro atoms. The largest absolute Gasteiger partial charge is 0.504 e. The number of Topliss-reactive ketones (excluding diaryl/α,β-unsaturated/α-hetero) is 1. The number of hydrogen-bond donors (Lipinski definition) is 4. The number of aliphatic carboxylic acids is 1. The van der Waals surface area contributed by atoms with Gasteiger partial charge < -0.3 is 30.7 Å². The molecule has 0 radical (unpaired) electrons. The first-order chi connectivity index (χ1) is 15.7. The van der Waals surface area contributed by atoms with Crippen molar-refractivity contribution in [2.45, 2.75) is 38.3 Å². The van der Waals surface area contributed by atoms with Gasteiger partial charge >= 0.3 is 11.9 Å². The second-order valence-electron chi connectivity index (χ2n) is 7.63. The van der Waals surface area contributed by atoms with Crippen LogP contribution in [0, 0.1) is 5.92 Å². The molecular weight excluding hydrogens is 428 g/mol. The fourth-order valence-electron chi connectivity index (χ4n) is 3.83. The predicted octanol–water partition coefficient (Wildman–Crippen LogP) is 2.78. The summed E-state index contributed by atoms with van der Waals surface area (Å²) in [5, 5.41) is 22.8. The number of rotatable bonds is 11. The number of phenolic OH excluding ortho intramolecular Hbond substituents is 1. The average molecular weight is 459 g/mol. The molecule has 0 aliphatic heterocycles. The van der Waals surface area contributed by atoms with Crippen molar-refractivity contribution in [2.24, 2.45) is 11.7 Å². The number of benzene rings is 2. The lowest BCUT2D eigenvalue weighted by atomic mass is 9.77. The van der Waals surface area contributed by atoms with Gasteiger partial charge in [-0.3, -0.25) is 9.59 Å². The van der Waals surface area contributed by atoms with Gasteiger partial charge in [0, 0.05) is 11.3 Å². The van der Waals surface area contributed by atoms with Crippen LogP contribution in [0.5, 0.6) is 11.5 Å². The van der Waals surface area contributed by atoms with Crippen molar-refractivity contribution in [2.75, 3.05) is 19.5 Å². The van der Waals surface area contributed by atoms with Gasteiger partial charge in [0.05, 0.1) is 26.2 Å². The van der Waals surface area contributed by atoms with Gasteiger partial charge in [-0.1, -0.05) is 25.1 Å². The number of ether oxygens (including phenoxy) is 2. The van der Waals surface area contributed by atoms with Crippen molar-refractivity contribution in [3.05, 3.63) is 53.6 Å². The first-order valence-corrected chi connectivity index (χ1v) is 10.5. The standard InChI is InChI=1S/C24H30N2O7/c1-5-15(14-10-11-18(27)19(12-14)32-3)20(23(29)30)21(25)22(28)16-8-6-7-9-17(16)26-13(2)24(31)33-4/h6-13,15,20-21,26-27H,5,25H2,1-4H3,(H,29,30)/t13?,15?,20?,21-/m0/s1. The second kappa shape index (κ2) is 11.3. The molecule has 0 aliphatic rings. The van der Waals surface area contributed by atoms with Gasteiger partial charge in [-0.25, -0.2) is 4.79 Å². The minimum atomic E-state index is -1.37. The van der Waals surface area contributed by atoms with E-state index in [-0.39, 0.29) is 17.1 Å². The van der Waals surface area contributed by atoms with E-state index in [0.29, 0.717) is 17.7 Å². The minimum absolute atomic E-state index is 0.0805. The smallest absolute Gasteiger partial charge is 0.327 e. The third-order valence-corrected chi connectivity index (χ3v) is 5.60. The second-order valence-corrected chi connectivity index (χ2v) is 7.63. The molecule has 0 amide bonds. The number of methoxy groups -OCH3 is 2. The van der Waals surface area contributed by atoms with E-state index in [1.807, 2.05) is 0 Å². The third kappa shape index (κ3) is 5.81. The summed E-state index contributed by atoms with van der Waals surface area (Å²) in [6.07, 6.45) is 0.380. The molecule has 33 heavy (non-hydrogen) atoms. The van der Waals surface area contributed by atoms with Crippen LogP contribution in [-0.2, 0) is 14.3 Å². The van der Waals surface area contributed by atoms with E-state index in [1.165, 1.54) is 26.4 Å². The average Bonchev–Trinajstić information content (AvgIpc) is 2.81. The van der Waals surface area contributed by atoms with E-state index in [1.54, 1.807) is 44.2 Å². The molecule has 0 saturated heterocycles. The zero-order valence-corrected chi connectivity index (χ0v) is 19.1. The number of carboxylic acids is 1. The maximum Gasteiger partial charge on any atom is 0.327 e. The highest BCUT2D eigenvalue weighted by atomic mass is 16.5. The Morgan fingerprint density at radius 1 is 1.12 bits per heavy atom. The quantitative estimate of drug-likeness (QED) is 0.295. The number of anilines is 1. The van der Waals surface area contributed by atoms with E-state index in [9.17, 15) is 24.6 Å². The van der Waals surface area contributed by atoms with Gasteiger partial charge in [-0.2, -0.15) is 0 Å². The highest BCUT2D eigenvalue weighted by Crippen LogP contribution is 2.36. The maximum atomic E-state index is 13.4. The van der Waals surface area contributed by atoms with Crippen LogP contribution in [0.25, 0.3) is 0 Å². The number of nitrogens with two attached hydrogens (primary N) is 1. The zero-order valence-electron chi connectivity index (χ0n) is 19.1. The fraction of sp³-hybridized carbons (Fsp3) is 0.375. The molecule has 0 saturated carbocycles. The summed E-state index contributed by atoms with van der Waals surface area (Å²) < 4.78 is 9.84. The molecule has 0 bridgehead atoms. The molecule has 4 atom stereocenters. The van der Waals surface area contributed by atoms with E-state index in [4.69, 9.17) is 15.2 Å². The van der Waals surface area contributed by atoms with Crippen molar-refractivity contribution in [1.82, 2.24) is 0 Å². The van der Waals surface area contributed by atoms with Crippen LogP contribution in [0.1, 0.15) is 42.1 Å². The summed E-state index contributed by atoms with van der Waals surface area (Å²) in [7, 11) is 2.65. The number of esters is 1. The summed E-state index contributed by atoms with van der Waals surface area (Å²) in [4.78, 5) is 37.4. The molecule has 0 heterocycles. The van der Waals surface area contributed by atoms with Crippen LogP contribution in [0.3, 0.4) is 0 Å². The Kier molecular flexibility index (Phi) is 8.81. The van der Waals surface area contributed by atoms with Crippen molar-refractivity contribution < 1.29 is 34.1 Å². The van der Waals surface area contributed by atoms with Crippen LogP contribution in [0.15, 0.2) is 42.5 Å². The molecule has 0 aromatic heterocycles. The van der Waals surface area contributed by atoms with Gasteiger partial charge in [0.1, 0.15) is 6.04 Å². The highest BCUT2D eigenvalue weighted by molar-refractivity contribution is 6.06. The Morgan fingerprint density at radius 3 is 2.36 bits per heavy atom. The highest BCUT2D eigenvalue weighted by Gasteiger charge is 2.38. The molecule has 0 aliphatic carbocycles. The Hall–Kier alpha value is -3.59. The van der Waals surface area contributed by atoms with Crippen molar-refractivity contribution in [3.8, 4) is 11.5 Å². The van der Waals surface area contributed by atoms with E-state index >= 15 is 0 Å². The van der Waals surface area contributed by atoms with Crippen molar-refractivity contribution in [1.29, 1.82) is 0 Å². The Balaban J connectivity index is 2.42. The summed E-state index contributed by atoms with van der Waals surface area (Å²) >= 11 is 0. The van der Waals surface area contributed by atoms with Crippen LogP contribution in [-0.4, -0.2) is 54.2 Å². The molecule has 0 fully saturated rings. The molecular formula is C24H30N2O7. The van der Waals surface area contributed by atoms with Gasteiger partial charge in [0.25, 0.3) is 0 Å². The number of ketones is 1. The number of carbonyl (C=O) groups is 3. The zero-order chi connectivity index (χ0) is 24.7. The predicted molar refractivity (Wildman–Crippen MR) is 123 cm³/mol. The van der Waals surface area contributed by atoms with Crippen LogP contribution in [0.4, 0.5) is 5.69 Å². The van der Waals surface area contributed by atoms with Gasteiger partial charge in [0.2, 0.25) is 0 Å². The van der Waals surface area contributed by atoms with Gasteiger partial charge in [0.15, 0.2) is 17.3 Å². The topological polar surface area (TPSA) is 148 Å². The number of para-hydroxylation sites is 1. The molecule has 2 aromatic rings. The normalized spacial score (nSPS) is 14.5. The fourth-order valence-corrected chi connectivity index (χ4v) is 3.83. The molecule has 5 N–H and O–H groups in total. The summed E-state index contributed by atoms with van der Waals surface area (Å²) in [6.45, 7) is 3.38. The number of carbonyl (C=O) groups excluding carboxylic acids is 2. The SMILES string of the molecule is CCC(c1ccc(O)c(OC)c1)C(C(=O)O)[C@H](N)C(=O)c1ccccc1NC(C)C(=O)OC. The number of aromatic hydroxyl groups is 1. The Morgan fingerprint density at radius 2 is 1.79 bits per heavy atom. The lowest BCUT2D eigenvalue weighted by Gasteiger charge is -2.28. The van der Waals surface area contributed by atoms with Crippen LogP contribution in [0.2, 0.25) is 0 Å². The van der Waals surface area contributed by atoms with Crippen LogP contribution < -0.4 is 15.8 Å². The molecule has 9 nitrogen and oxygen atoms in total. The molecule has 2 aromatic carbocycles. The first-order valence-electron chi connectivity index (χ1n) is 10.5. The lowest BCUT2D eigenvalue weighted by Crippen LogP contribution is -2.45. The number of hydrogen-bond acceptors (Lipinski definition) is 8. The summed E-state index contributed by atoms with van der Waals surface area (Å²) in [5.74, 6) is -4.07. The summed E-state index contributed by atoms with van der Waals surface area (Å²) in [6, 6.07) is 8.89. The molecule has 2 rings (SSSR count). The van der Waals surface area contributed by atoms with Crippen LogP contribution >= 0.6 is 0 Å². The third-order valence-electron chi connectivity index (χ3n) is 5.60. The van der Waals surface area contributed by atoms with Gasteiger partial charge in [-0.05, 0) is 49.1 Å². The molecule has 3 unspecified atom stereocenters. The number of phenols is 1. The minimum Gasteiger partial charge on any atom is -0.504 e. The number of carboxylic acid groups (broad SMARTS) is 1. The Bertz CT molecular complexity index is 1010. The maximum absolute atomic E-state index is 13.4. The van der Waals surface area contributed by atoms with E-state index < -0.39 is 41.6 Å². The van der Waals surface area contributed by atoms with Crippen molar-refractivity contribution in [3.63, 3.8) is 0 Å². The van der Waals surface area contributed by atoms with Crippen molar-refractivity contribution >= 4 is 23.4 Å². The Labute approximate surface area is 192 Å². The van der Waals surface area contributed by atoms with E-state index in [0.717, 1.165) is 0 Å². The van der Waals surface area contributed by atoms with E-state index in [2.05, 4.69) is 5.32 Å². The van der Waals surface area contributed by atoms with Gasteiger partial charge in [-0.15, -0.1) is 0 Å². The molecule has 178 valence electrons. The monoisotopic (exact) mass is 458 g/mol. The lowest BCUT2D eigenvalue weighted by molar-refractivity contribution is -0.143. The number of nitrogens with one attached hydrogen (secondary N) is 1. The molecule has 9 heteroatoms. The summed E-state index contributed by atoms with van der Waals surface area (Å²) in [5.41, 5.74) is 7.36. The first kappa shape index (κ1) is 25.7.